The summed E-state index contributed by atoms with van der Waals surface area (Å²) in [6.45, 7) is 2.13. The van der Waals surface area contributed by atoms with E-state index in [-0.39, 0.29) is 0 Å². The molecule has 0 aliphatic carbocycles. The second-order valence-electron chi connectivity index (χ2n) is 2.38. The zero-order chi connectivity index (χ0) is 4.85. The number of rotatable bonds is 0. The lowest BCUT2D eigenvalue weighted by molar-refractivity contribution is -0.205. The zero-order valence-electron chi connectivity index (χ0n) is 4.42. The second kappa shape index (κ2) is 1.01. The first kappa shape index (κ1) is 3.87. The number of hydrogen-bond donors (Lipinski definition) is 0. The summed E-state index contributed by atoms with van der Waals surface area (Å²) >= 11 is 0. The number of morpholine rings is 1. The Balaban J connectivity index is 1.99. The van der Waals surface area contributed by atoms with Crippen LogP contribution in [0, 0.1) is 0 Å². The first-order valence-corrected chi connectivity index (χ1v) is 2.70. The molecule has 0 N–H and O–H groups in total. The molecule has 1 unspecified atom stereocenters. The van der Waals surface area contributed by atoms with Gasteiger partial charge < -0.3 is 4.74 Å². The third-order valence-electron chi connectivity index (χ3n) is 1.94. The van der Waals surface area contributed by atoms with Gasteiger partial charge >= 0.3 is 0 Å². The van der Waals surface area contributed by atoms with Gasteiger partial charge in [-0.3, -0.25) is 4.90 Å². The van der Waals surface area contributed by atoms with E-state index in [1.54, 1.807) is 0 Å². The van der Waals surface area contributed by atoms with Gasteiger partial charge in [0.1, 0.15) is 0 Å². The van der Waals surface area contributed by atoms with Crippen LogP contribution in [0.1, 0.15) is 0 Å². The first-order valence-electron chi connectivity index (χ1n) is 2.70. The first-order chi connectivity index (χ1) is 3.38. The van der Waals surface area contributed by atoms with E-state index < -0.39 is 0 Å². The average molecular weight is 99.1 g/mol. The highest BCUT2D eigenvalue weighted by Crippen LogP contribution is 2.27. The van der Waals surface area contributed by atoms with Gasteiger partial charge in [0, 0.05) is 6.54 Å². The fourth-order valence-corrected chi connectivity index (χ4v) is 1.19. The predicted molar refractivity (Wildman–Crippen MR) is 26.2 cm³/mol. The minimum Gasteiger partial charge on any atom is -0.373 e. The maximum atomic E-state index is 5.16. The lowest BCUT2D eigenvalue weighted by atomic mass is 9.96. The molecule has 0 aromatic heterocycles. The number of likely N-dealkylation sites (N-methyl/N-ethyl adjacent to an activating group) is 1. The third kappa shape index (κ3) is 0.318. The predicted octanol–water partition coefficient (Wildman–Crippen LogP) is -0.301. The summed E-state index contributed by atoms with van der Waals surface area (Å²) in [5, 5.41) is 0. The molecule has 0 bridgehead atoms. The Kier molecular flexibility index (Phi) is 0.557. The number of nitrogens with zero attached hydrogens (tertiary/aromatic N) is 1. The van der Waals surface area contributed by atoms with Crippen molar-refractivity contribution in [2.75, 3.05) is 20.2 Å². The highest BCUT2D eigenvalue weighted by molar-refractivity contribution is 4.97. The van der Waals surface area contributed by atoms with Crippen molar-refractivity contribution in [3.63, 3.8) is 0 Å². The van der Waals surface area contributed by atoms with Gasteiger partial charge in [0.2, 0.25) is 0 Å². The highest BCUT2D eigenvalue weighted by atomic mass is 16.5. The monoisotopic (exact) mass is 99.1 g/mol. The number of ether oxygens (including phenoxy) is 1. The summed E-state index contributed by atoms with van der Waals surface area (Å²) in [6.07, 6.45) is 0.616. The van der Waals surface area contributed by atoms with E-state index in [1.807, 2.05) is 0 Å². The molecule has 2 saturated heterocycles. The van der Waals surface area contributed by atoms with Crippen LogP contribution in [0.4, 0.5) is 0 Å². The fraction of sp³-hybridized carbons (Fsp3) is 1.00. The van der Waals surface area contributed by atoms with Crippen LogP contribution in [0.25, 0.3) is 0 Å². The van der Waals surface area contributed by atoms with E-state index in [9.17, 15) is 0 Å². The van der Waals surface area contributed by atoms with Crippen molar-refractivity contribution in [2.45, 2.75) is 12.1 Å². The van der Waals surface area contributed by atoms with Gasteiger partial charge in [-0.25, -0.2) is 0 Å². The van der Waals surface area contributed by atoms with E-state index in [4.69, 9.17) is 4.74 Å². The van der Waals surface area contributed by atoms with Crippen molar-refractivity contribution in [3.8, 4) is 0 Å². The van der Waals surface area contributed by atoms with E-state index in [0.717, 1.165) is 19.2 Å². The van der Waals surface area contributed by atoms with Crippen LogP contribution < -0.4 is 0 Å². The van der Waals surface area contributed by atoms with Crippen LogP contribution in [0.5, 0.6) is 0 Å². The van der Waals surface area contributed by atoms with Gasteiger partial charge in [0.15, 0.2) is 0 Å². The summed E-state index contributed by atoms with van der Waals surface area (Å²) < 4.78 is 5.16. The Morgan fingerprint density at radius 2 is 2.57 bits per heavy atom. The molecule has 0 aromatic carbocycles. The summed E-state index contributed by atoms with van der Waals surface area (Å²) in [5.41, 5.74) is 0. The van der Waals surface area contributed by atoms with Crippen molar-refractivity contribution in [3.05, 3.63) is 0 Å². The molecule has 2 fully saturated rings. The molecule has 2 heteroatoms. The SMILES string of the molecule is CN1CC2OC[C@H]21. The molecular formula is C5H9NO. The molecule has 2 aliphatic heterocycles. The molecule has 40 valence electrons. The van der Waals surface area contributed by atoms with Crippen LogP contribution in [0.3, 0.4) is 0 Å². The summed E-state index contributed by atoms with van der Waals surface area (Å²) in [5.74, 6) is 0. The number of likely N-dealkylation sites (tertiary alicyclic amines) is 1. The topological polar surface area (TPSA) is 12.5 Å². The van der Waals surface area contributed by atoms with E-state index >= 15 is 0 Å². The van der Waals surface area contributed by atoms with Crippen LogP contribution in [-0.4, -0.2) is 37.2 Å². The molecule has 7 heavy (non-hydrogen) atoms. The molecule has 2 rings (SSSR count). The lowest BCUT2D eigenvalue weighted by Crippen LogP contribution is -2.68. The van der Waals surface area contributed by atoms with E-state index in [1.165, 1.54) is 0 Å². The third-order valence-corrected chi connectivity index (χ3v) is 1.94. The Bertz CT molecular complexity index is 90.1. The quantitative estimate of drug-likeness (QED) is 0.413. The maximum absolute atomic E-state index is 5.16. The molecule has 2 heterocycles. The van der Waals surface area contributed by atoms with Crippen LogP contribution >= 0.6 is 0 Å². The standard InChI is InChI=1S/C5H9NO/c1-6-2-5-4(6)3-7-5/h4-5H,2-3H2,1H3/t4-,5?/m1/s1. The summed E-state index contributed by atoms with van der Waals surface area (Å²) in [4.78, 5) is 2.33. The number of fused-ring (bicyclic) bond motifs is 1. The Labute approximate surface area is 43.1 Å². The van der Waals surface area contributed by atoms with Gasteiger partial charge in [0.05, 0.1) is 18.8 Å². The van der Waals surface area contributed by atoms with Gasteiger partial charge in [-0.15, -0.1) is 0 Å². The fourth-order valence-electron chi connectivity index (χ4n) is 1.19. The highest BCUT2D eigenvalue weighted by Gasteiger charge is 2.44. The van der Waals surface area contributed by atoms with Crippen LogP contribution in [-0.2, 0) is 4.74 Å². The van der Waals surface area contributed by atoms with Crippen molar-refractivity contribution in [1.29, 1.82) is 0 Å². The van der Waals surface area contributed by atoms with Crippen LogP contribution in [0.2, 0.25) is 0 Å². The minimum atomic E-state index is 0.616. The van der Waals surface area contributed by atoms with E-state index in [2.05, 4.69) is 11.9 Å². The zero-order valence-corrected chi connectivity index (χ0v) is 4.42. The Morgan fingerprint density at radius 3 is 2.57 bits per heavy atom. The normalized spacial score (nSPS) is 49.3. The lowest BCUT2D eigenvalue weighted by Gasteiger charge is -2.53. The average Bonchev–Trinajstić information content (AvgIpc) is 1.59. The minimum absolute atomic E-state index is 0.616. The molecule has 0 radical (unpaired) electrons. The molecular weight excluding hydrogens is 90.1 g/mol. The maximum Gasteiger partial charge on any atom is 0.0880 e. The molecule has 2 atom stereocenters. The summed E-state index contributed by atoms with van der Waals surface area (Å²) in [7, 11) is 2.14. The van der Waals surface area contributed by atoms with Gasteiger partial charge in [-0.2, -0.15) is 0 Å². The second-order valence-corrected chi connectivity index (χ2v) is 2.38. The number of hydrogen-bond acceptors (Lipinski definition) is 2. The molecule has 2 aliphatic rings. The molecule has 0 aromatic rings. The molecule has 0 spiro atoms. The van der Waals surface area contributed by atoms with Crippen molar-refractivity contribution in [1.82, 2.24) is 4.90 Å². The van der Waals surface area contributed by atoms with Gasteiger partial charge in [-0.05, 0) is 7.05 Å². The van der Waals surface area contributed by atoms with Gasteiger partial charge in [-0.1, -0.05) is 0 Å². The summed E-state index contributed by atoms with van der Waals surface area (Å²) in [6, 6.07) is 0.792. The smallest absolute Gasteiger partial charge is 0.0880 e. The molecule has 2 nitrogen and oxygen atoms in total. The van der Waals surface area contributed by atoms with Crippen molar-refractivity contribution in [2.24, 2.45) is 0 Å². The van der Waals surface area contributed by atoms with Crippen molar-refractivity contribution >= 4 is 0 Å². The molecule has 0 amide bonds. The Morgan fingerprint density at radius 1 is 1.71 bits per heavy atom. The molecule has 0 saturated carbocycles. The van der Waals surface area contributed by atoms with Crippen molar-refractivity contribution < 1.29 is 4.74 Å². The van der Waals surface area contributed by atoms with E-state index in [0.29, 0.717) is 6.10 Å². The van der Waals surface area contributed by atoms with Crippen LogP contribution in [0.15, 0.2) is 0 Å². The Hall–Kier alpha value is -0.0800. The van der Waals surface area contributed by atoms with Gasteiger partial charge in [0.25, 0.3) is 0 Å². The largest absolute Gasteiger partial charge is 0.373 e.